The maximum absolute atomic E-state index is 12.7. The van der Waals surface area contributed by atoms with E-state index in [4.69, 9.17) is 4.42 Å². The number of rotatable bonds is 10. The summed E-state index contributed by atoms with van der Waals surface area (Å²) in [6, 6.07) is 8.56. The summed E-state index contributed by atoms with van der Waals surface area (Å²) in [7, 11) is -3.77. The SMILES string of the molecule is CC(C)(O)Cn1ccc(-c2ccc3sc(C(c4nnc(CNNS(=O)[O-])o4)S(C)(=O)=O)nc3c2)cc1=O. The molecule has 3 aromatic heterocycles. The van der Waals surface area contributed by atoms with E-state index in [2.05, 4.69) is 20.6 Å². The Labute approximate surface area is 217 Å². The van der Waals surface area contributed by atoms with Crippen LogP contribution in [0, 0.1) is 0 Å². The van der Waals surface area contributed by atoms with Crippen LogP contribution in [0.5, 0.6) is 0 Å². The molecule has 2 unspecified atom stereocenters. The molecule has 37 heavy (non-hydrogen) atoms. The first-order valence-corrected chi connectivity index (χ1v) is 14.6. The van der Waals surface area contributed by atoms with Gasteiger partial charge in [-0.25, -0.2) is 18.8 Å². The first-order chi connectivity index (χ1) is 17.3. The van der Waals surface area contributed by atoms with Gasteiger partial charge in [-0.2, -0.15) is 4.83 Å². The van der Waals surface area contributed by atoms with Crippen molar-refractivity contribution in [3.63, 3.8) is 0 Å². The van der Waals surface area contributed by atoms with E-state index in [9.17, 15) is 27.1 Å². The van der Waals surface area contributed by atoms with Gasteiger partial charge >= 0.3 is 0 Å². The fourth-order valence-corrected chi connectivity index (χ4v) is 6.22. The van der Waals surface area contributed by atoms with Gasteiger partial charge in [-0.1, -0.05) is 6.07 Å². The molecule has 0 radical (unpaired) electrons. The van der Waals surface area contributed by atoms with Crippen LogP contribution in [0.25, 0.3) is 21.3 Å². The molecule has 0 bridgehead atoms. The summed E-state index contributed by atoms with van der Waals surface area (Å²) in [6.45, 7) is 3.23. The highest BCUT2D eigenvalue weighted by atomic mass is 32.2. The van der Waals surface area contributed by atoms with Gasteiger partial charge in [0.15, 0.2) is 15.1 Å². The van der Waals surface area contributed by atoms with E-state index in [0.29, 0.717) is 21.3 Å². The maximum atomic E-state index is 12.7. The summed E-state index contributed by atoms with van der Waals surface area (Å²) in [5, 5.41) is 16.5. The predicted octanol–water partition coefficient (Wildman–Crippen LogP) is 0.801. The van der Waals surface area contributed by atoms with Gasteiger partial charge in [-0.05, 0) is 43.2 Å². The molecule has 1 aromatic carbocycles. The topological polar surface area (TPSA) is 192 Å². The van der Waals surface area contributed by atoms with Gasteiger partial charge in [-0.3, -0.25) is 9.00 Å². The molecule has 0 fully saturated rings. The van der Waals surface area contributed by atoms with Crippen molar-refractivity contribution in [1.29, 1.82) is 0 Å². The van der Waals surface area contributed by atoms with E-state index in [0.717, 1.165) is 17.6 Å². The lowest BCUT2D eigenvalue weighted by Gasteiger charge is -2.18. The average Bonchev–Trinajstić information content (AvgIpc) is 3.39. The zero-order valence-corrected chi connectivity index (χ0v) is 22.3. The summed E-state index contributed by atoms with van der Waals surface area (Å²) < 4.78 is 54.0. The Morgan fingerprint density at radius 2 is 1.97 bits per heavy atom. The van der Waals surface area contributed by atoms with Crippen LogP contribution in [-0.2, 0) is 34.2 Å². The van der Waals surface area contributed by atoms with Gasteiger partial charge in [0, 0.05) is 29.8 Å². The summed E-state index contributed by atoms with van der Waals surface area (Å²) in [5.74, 6) is -0.221. The highest BCUT2D eigenvalue weighted by Gasteiger charge is 2.33. The standard InChI is InChI=1S/C21H24N6O7S3/c1-21(2,29)11-27-7-6-13(9-17(27)28)12-4-5-15-14(8-12)23-20(35-15)18(37(3,32)33)19-25-24-16(34-19)10-22-26-36(30)31/h4-9,18,22,26,29H,10-11H2,1-3H3,(H,30,31)/p-1. The van der Waals surface area contributed by atoms with E-state index in [-0.39, 0.29) is 35.4 Å². The molecule has 0 spiro atoms. The summed E-state index contributed by atoms with van der Waals surface area (Å²) >= 11 is -1.40. The van der Waals surface area contributed by atoms with Crippen LogP contribution in [0.2, 0.25) is 0 Å². The van der Waals surface area contributed by atoms with Gasteiger partial charge in [-0.15, -0.1) is 21.5 Å². The molecular formula is C21H23N6O7S3-. The van der Waals surface area contributed by atoms with Crippen molar-refractivity contribution in [2.75, 3.05) is 6.26 Å². The maximum Gasteiger partial charge on any atom is 0.251 e. The Morgan fingerprint density at radius 3 is 2.62 bits per heavy atom. The lowest BCUT2D eigenvalue weighted by molar-refractivity contribution is 0.0604. The minimum Gasteiger partial charge on any atom is -0.759 e. The highest BCUT2D eigenvalue weighted by Crippen LogP contribution is 2.36. The third-order valence-corrected chi connectivity index (χ3v) is 7.89. The largest absolute Gasteiger partial charge is 0.759 e. The van der Waals surface area contributed by atoms with E-state index < -0.39 is 32.0 Å². The van der Waals surface area contributed by atoms with Crippen LogP contribution in [-0.4, -0.2) is 53.9 Å². The van der Waals surface area contributed by atoms with Crippen molar-refractivity contribution in [2.24, 2.45) is 0 Å². The van der Waals surface area contributed by atoms with Gasteiger partial charge in [0.05, 0.1) is 28.9 Å². The molecule has 0 aliphatic carbocycles. The first-order valence-electron chi connectivity index (χ1n) is 10.7. The molecule has 16 heteroatoms. The fraction of sp³-hybridized carbons (Fsp3) is 0.333. The second-order valence-corrected chi connectivity index (χ2v) is 12.7. The third kappa shape index (κ3) is 6.72. The zero-order valence-electron chi connectivity index (χ0n) is 19.9. The number of pyridine rings is 1. The van der Waals surface area contributed by atoms with Crippen LogP contribution < -0.4 is 15.8 Å². The molecular weight excluding hydrogens is 544 g/mol. The Kier molecular flexibility index (Phi) is 7.70. The second-order valence-electron chi connectivity index (χ2n) is 8.86. The van der Waals surface area contributed by atoms with Crippen LogP contribution in [0.15, 0.2) is 45.7 Å². The van der Waals surface area contributed by atoms with Crippen LogP contribution in [0.1, 0.15) is 35.9 Å². The van der Waals surface area contributed by atoms with E-state index in [1.54, 1.807) is 44.3 Å². The second kappa shape index (κ2) is 10.5. The van der Waals surface area contributed by atoms with Gasteiger partial charge < -0.3 is 18.6 Å². The Bertz CT molecular complexity index is 1620. The Morgan fingerprint density at radius 1 is 1.24 bits per heavy atom. The minimum atomic E-state index is -3.77. The number of sulfone groups is 1. The number of benzene rings is 1. The number of nitrogens with zero attached hydrogens (tertiary/aromatic N) is 4. The zero-order chi connectivity index (χ0) is 27.0. The number of hydrogen-bond donors (Lipinski definition) is 3. The lowest BCUT2D eigenvalue weighted by atomic mass is 10.1. The molecule has 0 saturated heterocycles. The number of aliphatic hydroxyl groups is 1. The number of thiazole rings is 1. The van der Waals surface area contributed by atoms with E-state index >= 15 is 0 Å². The average molecular weight is 568 g/mol. The molecule has 0 aliphatic rings. The number of fused-ring (bicyclic) bond motifs is 1. The first kappa shape index (κ1) is 27.2. The van der Waals surface area contributed by atoms with Crippen LogP contribution in [0.3, 0.4) is 0 Å². The normalized spacial score (nSPS) is 14.2. The molecule has 0 amide bonds. The number of nitrogens with one attached hydrogen (secondary N) is 2. The summed E-state index contributed by atoms with van der Waals surface area (Å²) in [4.78, 5) is 19.0. The van der Waals surface area contributed by atoms with Crippen molar-refractivity contribution in [3.05, 3.63) is 63.7 Å². The van der Waals surface area contributed by atoms with Crippen molar-refractivity contribution in [3.8, 4) is 11.1 Å². The molecule has 198 valence electrons. The smallest absolute Gasteiger partial charge is 0.251 e. The number of hydrazine groups is 1. The summed E-state index contributed by atoms with van der Waals surface area (Å²) in [5.41, 5.74) is 2.91. The molecule has 0 aliphatic heterocycles. The van der Waals surface area contributed by atoms with Gasteiger partial charge in [0.1, 0.15) is 5.01 Å². The Hall–Kier alpha value is -2.86. The molecule has 4 rings (SSSR count). The molecule has 3 N–H and O–H groups in total. The summed E-state index contributed by atoms with van der Waals surface area (Å²) in [6.07, 6.45) is 2.64. The van der Waals surface area contributed by atoms with E-state index in [1.807, 2.05) is 4.83 Å². The number of hydrogen-bond acceptors (Lipinski definition) is 12. The van der Waals surface area contributed by atoms with Crippen LogP contribution >= 0.6 is 11.3 Å². The number of aromatic nitrogens is 4. The molecule has 13 nitrogen and oxygen atoms in total. The van der Waals surface area contributed by atoms with Crippen molar-refractivity contribution in [2.45, 2.75) is 37.8 Å². The van der Waals surface area contributed by atoms with Crippen molar-refractivity contribution < 1.29 is 26.7 Å². The van der Waals surface area contributed by atoms with Crippen molar-refractivity contribution >= 4 is 42.7 Å². The van der Waals surface area contributed by atoms with Crippen molar-refractivity contribution in [1.82, 2.24) is 30.0 Å². The lowest BCUT2D eigenvalue weighted by Crippen LogP contribution is -2.32. The van der Waals surface area contributed by atoms with E-state index in [1.165, 1.54) is 10.6 Å². The van der Waals surface area contributed by atoms with Crippen LogP contribution in [0.4, 0.5) is 0 Å². The molecule has 4 aromatic rings. The fourth-order valence-electron chi connectivity index (χ4n) is 3.56. The Balaban J connectivity index is 1.65. The molecule has 3 heterocycles. The molecule has 0 saturated carbocycles. The highest BCUT2D eigenvalue weighted by molar-refractivity contribution is 7.91. The molecule has 2 atom stereocenters. The third-order valence-electron chi connectivity index (χ3n) is 5.05. The monoisotopic (exact) mass is 567 g/mol. The minimum absolute atomic E-state index is 0.0238. The predicted molar refractivity (Wildman–Crippen MR) is 135 cm³/mol. The van der Waals surface area contributed by atoms with Gasteiger partial charge in [0.25, 0.3) is 5.56 Å². The quantitative estimate of drug-likeness (QED) is 0.181. The van der Waals surface area contributed by atoms with Gasteiger partial charge in [0.2, 0.25) is 11.8 Å².